The van der Waals surface area contributed by atoms with Gasteiger partial charge >= 0.3 is 6.03 Å². The smallest absolute Gasteiger partial charge is 0.321 e. The number of urea groups is 1. The van der Waals surface area contributed by atoms with Gasteiger partial charge in [0.1, 0.15) is 0 Å². The van der Waals surface area contributed by atoms with Gasteiger partial charge in [-0.2, -0.15) is 0 Å². The largest absolute Gasteiger partial charge is 0.368 e. The van der Waals surface area contributed by atoms with Crippen molar-refractivity contribution in [3.63, 3.8) is 0 Å². The van der Waals surface area contributed by atoms with Gasteiger partial charge in [0.2, 0.25) is 0 Å². The standard InChI is InChI=1S/C20H18Cl2N4O.C10H12Cl2N2/c21-16-4-2-6-18(19(16)22)25-9-11-26(12-10-25)20(27)24-17-5-1-3-14-13-23-8-7-15(14)17;11-8-2-1-3-9(10(8)12)14-6-4-13-5-7-14/h1-8,13H,9-12H2,(H,24,27);1-3,13H,4-7H2. The first-order valence-electron chi connectivity index (χ1n) is 13.4. The molecule has 214 valence electrons. The fourth-order valence-electron chi connectivity index (χ4n) is 4.96. The number of carbonyl (C=O) groups is 1. The van der Waals surface area contributed by atoms with Crippen LogP contribution in [0.5, 0.6) is 0 Å². The van der Waals surface area contributed by atoms with Crippen LogP contribution >= 0.6 is 46.4 Å². The Kier molecular flexibility index (Phi) is 9.96. The molecule has 2 aliphatic heterocycles. The molecule has 2 saturated heterocycles. The summed E-state index contributed by atoms with van der Waals surface area (Å²) in [7, 11) is 0. The molecule has 41 heavy (non-hydrogen) atoms. The number of hydrogen-bond acceptors (Lipinski definition) is 5. The fourth-order valence-corrected chi connectivity index (χ4v) is 5.79. The molecule has 3 aromatic carbocycles. The number of nitrogens with zero attached hydrogens (tertiary/aromatic N) is 4. The molecule has 4 aromatic rings. The molecule has 0 unspecified atom stereocenters. The summed E-state index contributed by atoms with van der Waals surface area (Å²) in [5.74, 6) is 0. The topological polar surface area (TPSA) is 63.7 Å². The Labute approximate surface area is 259 Å². The molecule has 3 heterocycles. The zero-order valence-electron chi connectivity index (χ0n) is 22.3. The molecule has 0 saturated carbocycles. The maximum absolute atomic E-state index is 12.7. The van der Waals surface area contributed by atoms with E-state index in [0.29, 0.717) is 46.3 Å². The number of rotatable bonds is 3. The van der Waals surface area contributed by atoms with Gasteiger partial charge in [-0.05, 0) is 36.4 Å². The van der Waals surface area contributed by atoms with Gasteiger partial charge in [-0.15, -0.1) is 0 Å². The third-order valence-corrected chi connectivity index (χ3v) is 8.77. The molecule has 0 radical (unpaired) electrons. The Hall–Kier alpha value is -2.94. The number of aromatic nitrogens is 1. The van der Waals surface area contributed by atoms with Crippen molar-refractivity contribution in [2.45, 2.75) is 0 Å². The van der Waals surface area contributed by atoms with Crippen molar-refractivity contribution in [1.82, 2.24) is 15.2 Å². The zero-order chi connectivity index (χ0) is 28.8. The Morgan fingerprint density at radius 1 is 0.732 bits per heavy atom. The van der Waals surface area contributed by atoms with E-state index in [1.807, 2.05) is 59.5 Å². The van der Waals surface area contributed by atoms with Gasteiger partial charge in [-0.3, -0.25) is 4.98 Å². The molecule has 2 amide bonds. The van der Waals surface area contributed by atoms with Crippen molar-refractivity contribution in [3.05, 3.63) is 93.1 Å². The molecule has 1 aromatic heterocycles. The number of amides is 2. The van der Waals surface area contributed by atoms with Crippen LogP contribution in [0.2, 0.25) is 20.1 Å². The van der Waals surface area contributed by atoms with Gasteiger partial charge in [0.25, 0.3) is 0 Å². The zero-order valence-corrected chi connectivity index (χ0v) is 25.3. The third kappa shape index (κ3) is 7.11. The quantitative estimate of drug-likeness (QED) is 0.248. The van der Waals surface area contributed by atoms with Crippen LogP contribution in [0.15, 0.2) is 73.1 Å². The molecule has 0 aliphatic carbocycles. The summed E-state index contributed by atoms with van der Waals surface area (Å²) in [5.41, 5.74) is 2.74. The van der Waals surface area contributed by atoms with Gasteiger partial charge in [-0.1, -0.05) is 70.7 Å². The monoisotopic (exact) mass is 630 g/mol. The summed E-state index contributed by atoms with van der Waals surface area (Å²) >= 11 is 24.5. The lowest BCUT2D eigenvalue weighted by atomic mass is 10.1. The Morgan fingerprint density at radius 2 is 1.32 bits per heavy atom. The number of anilines is 3. The highest BCUT2D eigenvalue weighted by Crippen LogP contribution is 2.34. The molecule has 11 heteroatoms. The van der Waals surface area contributed by atoms with Crippen LogP contribution < -0.4 is 20.4 Å². The minimum Gasteiger partial charge on any atom is -0.368 e. The molecule has 6 rings (SSSR count). The van der Waals surface area contributed by atoms with E-state index < -0.39 is 0 Å². The predicted octanol–water partition coefficient (Wildman–Crippen LogP) is 7.30. The normalized spacial score (nSPS) is 15.4. The average Bonchev–Trinajstić information content (AvgIpc) is 3.01. The van der Waals surface area contributed by atoms with E-state index in [-0.39, 0.29) is 6.03 Å². The Morgan fingerprint density at radius 3 is 1.95 bits per heavy atom. The Balaban J connectivity index is 0.000000202. The first-order valence-corrected chi connectivity index (χ1v) is 14.9. The second kappa shape index (κ2) is 13.8. The van der Waals surface area contributed by atoms with E-state index in [9.17, 15) is 4.79 Å². The molecule has 0 atom stereocenters. The second-order valence-corrected chi connectivity index (χ2v) is 11.3. The van der Waals surface area contributed by atoms with Crippen molar-refractivity contribution < 1.29 is 4.79 Å². The van der Waals surface area contributed by atoms with E-state index in [0.717, 1.165) is 54.0 Å². The lowest BCUT2D eigenvalue weighted by Crippen LogP contribution is -2.50. The highest BCUT2D eigenvalue weighted by Gasteiger charge is 2.23. The van der Waals surface area contributed by atoms with Crippen molar-refractivity contribution in [1.29, 1.82) is 0 Å². The first kappa shape index (κ1) is 29.5. The van der Waals surface area contributed by atoms with Crippen LogP contribution in [-0.2, 0) is 0 Å². The number of piperazine rings is 2. The fraction of sp³-hybridized carbons (Fsp3) is 0.267. The number of pyridine rings is 1. The number of fused-ring (bicyclic) bond motifs is 1. The van der Waals surface area contributed by atoms with E-state index in [2.05, 4.69) is 25.4 Å². The first-order chi connectivity index (χ1) is 19.9. The minimum absolute atomic E-state index is 0.101. The lowest BCUT2D eigenvalue weighted by molar-refractivity contribution is 0.208. The summed E-state index contributed by atoms with van der Waals surface area (Å²) in [5, 5.41) is 10.7. The van der Waals surface area contributed by atoms with Gasteiger partial charge in [0.05, 0.1) is 37.2 Å². The number of nitrogens with one attached hydrogen (secondary N) is 2. The number of hydrogen-bond donors (Lipinski definition) is 2. The molecule has 0 spiro atoms. The molecule has 2 aliphatic rings. The lowest BCUT2D eigenvalue weighted by Gasteiger charge is -2.36. The number of benzene rings is 3. The Bertz CT molecular complexity index is 1500. The summed E-state index contributed by atoms with van der Waals surface area (Å²) in [6, 6.07) is 19.0. The average molecular weight is 632 g/mol. The summed E-state index contributed by atoms with van der Waals surface area (Å²) < 4.78 is 0. The van der Waals surface area contributed by atoms with Crippen LogP contribution in [0, 0.1) is 0 Å². The SMILES string of the molecule is Clc1cccc(N2CCNCC2)c1Cl.O=C(Nc1cccc2cnccc12)N1CCN(c2cccc(Cl)c2Cl)CC1. The third-order valence-electron chi connectivity index (χ3n) is 7.15. The second-order valence-electron chi connectivity index (χ2n) is 9.69. The highest BCUT2D eigenvalue weighted by atomic mass is 35.5. The molecular formula is C30H30Cl4N6O. The van der Waals surface area contributed by atoms with Crippen LogP contribution in [0.3, 0.4) is 0 Å². The van der Waals surface area contributed by atoms with Gasteiger partial charge in [0.15, 0.2) is 0 Å². The molecular weight excluding hydrogens is 602 g/mol. The van der Waals surface area contributed by atoms with Crippen LogP contribution in [0.4, 0.5) is 21.9 Å². The van der Waals surface area contributed by atoms with E-state index in [1.165, 1.54) is 0 Å². The minimum atomic E-state index is -0.101. The van der Waals surface area contributed by atoms with Crippen molar-refractivity contribution in [2.75, 3.05) is 67.5 Å². The van der Waals surface area contributed by atoms with Crippen molar-refractivity contribution in [2.24, 2.45) is 0 Å². The van der Waals surface area contributed by atoms with Crippen LogP contribution in [-0.4, -0.2) is 68.3 Å². The molecule has 0 bridgehead atoms. The van der Waals surface area contributed by atoms with E-state index in [4.69, 9.17) is 46.4 Å². The van der Waals surface area contributed by atoms with Gasteiger partial charge in [0, 0.05) is 75.5 Å². The van der Waals surface area contributed by atoms with Crippen LogP contribution in [0.1, 0.15) is 0 Å². The number of halogens is 4. The molecule has 2 N–H and O–H groups in total. The maximum atomic E-state index is 12.7. The van der Waals surface area contributed by atoms with E-state index in [1.54, 1.807) is 18.5 Å². The summed E-state index contributed by atoms with van der Waals surface area (Å²) in [4.78, 5) is 23.1. The van der Waals surface area contributed by atoms with E-state index >= 15 is 0 Å². The highest BCUT2D eigenvalue weighted by molar-refractivity contribution is 6.44. The number of carbonyl (C=O) groups excluding carboxylic acids is 1. The van der Waals surface area contributed by atoms with Gasteiger partial charge < -0.3 is 25.3 Å². The molecule has 2 fully saturated rings. The van der Waals surface area contributed by atoms with Crippen molar-refractivity contribution in [3.8, 4) is 0 Å². The van der Waals surface area contributed by atoms with Gasteiger partial charge in [-0.25, -0.2) is 4.79 Å². The molecule has 7 nitrogen and oxygen atoms in total. The van der Waals surface area contributed by atoms with Crippen LogP contribution in [0.25, 0.3) is 10.8 Å². The predicted molar refractivity (Wildman–Crippen MR) is 173 cm³/mol. The maximum Gasteiger partial charge on any atom is 0.321 e. The summed E-state index contributed by atoms with van der Waals surface area (Å²) in [6.07, 6.45) is 3.52. The summed E-state index contributed by atoms with van der Waals surface area (Å²) in [6.45, 7) is 6.60. The van der Waals surface area contributed by atoms with Crippen molar-refractivity contribution >= 4 is 80.3 Å².